The van der Waals surface area contributed by atoms with Crippen molar-refractivity contribution in [2.24, 2.45) is 5.73 Å². The number of unbranched alkanes of at least 4 members (excludes halogenated alkanes) is 7. The van der Waals surface area contributed by atoms with Crippen LogP contribution in [0.15, 0.2) is 0 Å². The van der Waals surface area contributed by atoms with Gasteiger partial charge in [0.2, 0.25) is 0 Å². The first-order valence-electron chi connectivity index (χ1n) is 6.02. The van der Waals surface area contributed by atoms with Crippen LogP contribution in [0.3, 0.4) is 0 Å². The molecule has 0 radical (unpaired) electrons. The molecule has 1 atom stereocenters. The smallest absolute Gasteiger partial charge is 0.136 e. The van der Waals surface area contributed by atoms with Crippen molar-refractivity contribution in [3.05, 3.63) is 0 Å². The zero-order valence-corrected chi connectivity index (χ0v) is 9.50. The van der Waals surface area contributed by atoms with E-state index in [9.17, 15) is 4.79 Å². The summed E-state index contributed by atoms with van der Waals surface area (Å²) in [5.41, 5.74) is 5.49. The summed E-state index contributed by atoms with van der Waals surface area (Å²) in [6, 6.07) is -0.227. The van der Waals surface area contributed by atoms with Gasteiger partial charge < -0.3 is 10.5 Å². The molecule has 2 nitrogen and oxygen atoms in total. The fourth-order valence-electron chi connectivity index (χ4n) is 1.58. The quantitative estimate of drug-likeness (QED) is 0.434. The lowest BCUT2D eigenvalue weighted by Gasteiger charge is -2.03. The van der Waals surface area contributed by atoms with Gasteiger partial charge >= 0.3 is 0 Å². The molecule has 2 heteroatoms. The molecular weight excluding hydrogens is 174 g/mol. The third-order valence-electron chi connectivity index (χ3n) is 2.57. The second kappa shape index (κ2) is 10.7. The molecule has 0 aliphatic carbocycles. The van der Waals surface area contributed by atoms with Crippen LogP contribution in [0.5, 0.6) is 0 Å². The summed E-state index contributed by atoms with van der Waals surface area (Å²) in [5.74, 6) is 0. The summed E-state index contributed by atoms with van der Waals surface area (Å²) in [4.78, 5) is 10.2. The maximum absolute atomic E-state index is 10.2. The number of hydrogen-bond acceptors (Lipinski definition) is 2. The summed E-state index contributed by atoms with van der Waals surface area (Å²) in [6.07, 6.45) is 12.1. The normalized spacial score (nSPS) is 12.7. The van der Waals surface area contributed by atoms with E-state index in [0.29, 0.717) is 0 Å². The Hall–Kier alpha value is -0.370. The van der Waals surface area contributed by atoms with E-state index >= 15 is 0 Å². The molecule has 1 unspecified atom stereocenters. The van der Waals surface area contributed by atoms with E-state index in [4.69, 9.17) is 5.73 Å². The maximum Gasteiger partial charge on any atom is 0.136 e. The van der Waals surface area contributed by atoms with Gasteiger partial charge in [0, 0.05) is 0 Å². The van der Waals surface area contributed by atoms with Gasteiger partial charge in [-0.2, -0.15) is 0 Å². The minimum atomic E-state index is -0.227. The molecule has 0 bridgehead atoms. The van der Waals surface area contributed by atoms with Crippen molar-refractivity contribution in [2.75, 3.05) is 0 Å². The third kappa shape index (κ3) is 9.72. The third-order valence-corrected chi connectivity index (χ3v) is 2.57. The van der Waals surface area contributed by atoms with E-state index in [1.165, 1.54) is 44.9 Å². The van der Waals surface area contributed by atoms with E-state index in [2.05, 4.69) is 6.92 Å². The van der Waals surface area contributed by atoms with E-state index < -0.39 is 0 Å². The molecule has 0 heterocycles. The molecule has 0 aromatic rings. The van der Waals surface area contributed by atoms with Crippen LogP contribution < -0.4 is 5.73 Å². The van der Waals surface area contributed by atoms with Crippen LogP contribution in [0.25, 0.3) is 0 Å². The molecule has 0 aromatic heterocycles. The van der Waals surface area contributed by atoms with E-state index in [1.807, 2.05) is 0 Å². The second-order valence-electron chi connectivity index (χ2n) is 4.06. The molecule has 0 saturated carbocycles. The highest BCUT2D eigenvalue weighted by molar-refractivity contribution is 5.56. The minimum absolute atomic E-state index is 0.227. The maximum atomic E-state index is 10.2. The van der Waals surface area contributed by atoms with Gasteiger partial charge in [0.1, 0.15) is 6.29 Å². The molecule has 0 aliphatic rings. The summed E-state index contributed by atoms with van der Waals surface area (Å²) in [5, 5.41) is 0. The number of aldehydes is 1. The van der Waals surface area contributed by atoms with Gasteiger partial charge in [0.05, 0.1) is 6.04 Å². The molecule has 0 rings (SSSR count). The molecule has 0 amide bonds. The first-order valence-corrected chi connectivity index (χ1v) is 6.02. The Balaban J connectivity index is 2.95. The van der Waals surface area contributed by atoms with Crippen LogP contribution in [0, 0.1) is 0 Å². The second-order valence-corrected chi connectivity index (χ2v) is 4.06. The standard InChI is InChI=1S/C12H25NO/c1-2-3-4-5-6-7-8-9-10-12(13)11-14/h11-12H,2-10,13H2,1H3. The van der Waals surface area contributed by atoms with Gasteiger partial charge in [-0.3, -0.25) is 0 Å². The highest BCUT2D eigenvalue weighted by Crippen LogP contribution is 2.09. The van der Waals surface area contributed by atoms with Crippen LogP contribution in [-0.2, 0) is 4.79 Å². The number of nitrogens with two attached hydrogens (primary N) is 1. The lowest BCUT2D eigenvalue weighted by atomic mass is 10.1. The molecule has 0 aromatic carbocycles. The minimum Gasteiger partial charge on any atom is -0.322 e. The Kier molecular flexibility index (Phi) is 10.4. The highest BCUT2D eigenvalue weighted by Gasteiger charge is 1.98. The molecule has 0 spiro atoms. The number of rotatable bonds is 10. The van der Waals surface area contributed by atoms with Crippen molar-refractivity contribution >= 4 is 6.29 Å². The highest BCUT2D eigenvalue weighted by atomic mass is 16.1. The van der Waals surface area contributed by atoms with Crippen LogP contribution >= 0.6 is 0 Å². The molecule has 0 fully saturated rings. The molecule has 14 heavy (non-hydrogen) atoms. The topological polar surface area (TPSA) is 43.1 Å². The van der Waals surface area contributed by atoms with Gasteiger partial charge in [-0.25, -0.2) is 0 Å². The number of hydrogen-bond donors (Lipinski definition) is 1. The lowest BCUT2D eigenvalue weighted by molar-refractivity contribution is -0.109. The van der Waals surface area contributed by atoms with Crippen molar-refractivity contribution in [3.8, 4) is 0 Å². The first kappa shape index (κ1) is 13.6. The zero-order chi connectivity index (χ0) is 10.6. The van der Waals surface area contributed by atoms with E-state index in [1.54, 1.807) is 0 Å². The average molecular weight is 199 g/mol. The molecule has 0 aliphatic heterocycles. The van der Waals surface area contributed by atoms with E-state index in [-0.39, 0.29) is 6.04 Å². The zero-order valence-electron chi connectivity index (χ0n) is 9.50. The van der Waals surface area contributed by atoms with Gasteiger partial charge in [-0.15, -0.1) is 0 Å². The molecule has 2 N–H and O–H groups in total. The van der Waals surface area contributed by atoms with Gasteiger partial charge in [-0.1, -0.05) is 58.3 Å². The molecular formula is C12H25NO. The van der Waals surface area contributed by atoms with E-state index in [0.717, 1.165) is 19.1 Å². The SMILES string of the molecule is CCCCCCCCCCC(N)C=O. The van der Waals surface area contributed by atoms with Gasteiger partial charge in [0.15, 0.2) is 0 Å². The Morgan fingerprint density at radius 2 is 1.50 bits per heavy atom. The predicted octanol–water partition coefficient (Wildman–Crippen LogP) is 3.04. The fraction of sp³-hybridized carbons (Fsp3) is 0.917. The Morgan fingerprint density at radius 3 is 2.00 bits per heavy atom. The Labute approximate surface area is 88.3 Å². The van der Waals surface area contributed by atoms with Crippen molar-refractivity contribution in [1.82, 2.24) is 0 Å². The molecule has 84 valence electrons. The summed E-state index contributed by atoms with van der Waals surface area (Å²) in [6.45, 7) is 2.24. The summed E-state index contributed by atoms with van der Waals surface area (Å²) in [7, 11) is 0. The van der Waals surface area contributed by atoms with Crippen LogP contribution in [-0.4, -0.2) is 12.3 Å². The van der Waals surface area contributed by atoms with Crippen LogP contribution in [0.4, 0.5) is 0 Å². The predicted molar refractivity (Wildman–Crippen MR) is 61.3 cm³/mol. The number of carbonyl (C=O) groups is 1. The van der Waals surface area contributed by atoms with Crippen molar-refractivity contribution in [3.63, 3.8) is 0 Å². The van der Waals surface area contributed by atoms with Crippen LogP contribution in [0.1, 0.15) is 64.7 Å². The van der Waals surface area contributed by atoms with Gasteiger partial charge in [0.25, 0.3) is 0 Å². The monoisotopic (exact) mass is 199 g/mol. The lowest BCUT2D eigenvalue weighted by Crippen LogP contribution is -2.20. The largest absolute Gasteiger partial charge is 0.322 e. The molecule has 0 saturated heterocycles. The summed E-state index contributed by atoms with van der Waals surface area (Å²) >= 11 is 0. The van der Waals surface area contributed by atoms with Crippen molar-refractivity contribution in [1.29, 1.82) is 0 Å². The Morgan fingerprint density at radius 1 is 1.00 bits per heavy atom. The fourth-order valence-corrected chi connectivity index (χ4v) is 1.58. The number of carbonyl (C=O) groups excluding carboxylic acids is 1. The summed E-state index contributed by atoms with van der Waals surface area (Å²) < 4.78 is 0. The Bertz CT molecular complexity index is 125. The first-order chi connectivity index (χ1) is 6.81. The van der Waals surface area contributed by atoms with Crippen molar-refractivity contribution < 1.29 is 4.79 Å². The van der Waals surface area contributed by atoms with Crippen LogP contribution in [0.2, 0.25) is 0 Å². The van der Waals surface area contributed by atoms with Crippen molar-refractivity contribution in [2.45, 2.75) is 70.8 Å². The average Bonchev–Trinajstić information content (AvgIpc) is 2.21. The van der Waals surface area contributed by atoms with Gasteiger partial charge in [-0.05, 0) is 6.42 Å².